The summed E-state index contributed by atoms with van der Waals surface area (Å²) in [6.45, 7) is 4.20. The summed E-state index contributed by atoms with van der Waals surface area (Å²) in [7, 11) is 0. The van der Waals surface area contributed by atoms with E-state index < -0.39 is 0 Å². The number of nitriles is 1. The molecule has 28 heavy (non-hydrogen) atoms. The lowest BCUT2D eigenvalue weighted by Gasteiger charge is -2.19. The van der Waals surface area contributed by atoms with Crippen LogP contribution in [0.25, 0.3) is 22.5 Å². The summed E-state index contributed by atoms with van der Waals surface area (Å²) in [5.41, 5.74) is 3.89. The number of benzene rings is 2. The van der Waals surface area contributed by atoms with Crippen LogP contribution in [0.1, 0.15) is 31.7 Å². The molecule has 0 radical (unpaired) electrons. The van der Waals surface area contributed by atoms with Gasteiger partial charge in [0.1, 0.15) is 6.54 Å². The molecule has 142 valence electrons. The van der Waals surface area contributed by atoms with E-state index in [1.54, 1.807) is 0 Å². The third-order valence-electron chi connectivity index (χ3n) is 4.48. The van der Waals surface area contributed by atoms with Crippen LogP contribution in [0.4, 0.5) is 0 Å². The molecule has 2 aromatic carbocycles. The van der Waals surface area contributed by atoms with Crippen LogP contribution in [-0.2, 0) is 4.79 Å². The molecule has 0 spiro atoms. The van der Waals surface area contributed by atoms with Crippen molar-refractivity contribution in [2.75, 3.05) is 6.54 Å². The van der Waals surface area contributed by atoms with Gasteiger partial charge in [-0.15, -0.1) is 10.2 Å². The van der Waals surface area contributed by atoms with Crippen molar-refractivity contribution < 1.29 is 4.79 Å². The van der Waals surface area contributed by atoms with Gasteiger partial charge in [-0.3, -0.25) is 4.79 Å². The molecule has 0 bridgehead atoms. The lowest BCUT2D eigenvalue weighted by molar-refractivity contribution is -0.122. The summed E-state index contributed by atoms with van der Waals surface area (Å²) in [6.07, 6.45) is 0.720. The number of nitrogens with one attached hydrogen (secondary N) is 2. The SMILES string of the molecule is CC(C)C[C@@H](C(=O)NCC#N)c1cccc(-c2ccc(-c3nn[nH]n3)cc2)c1. The number of hydrogen-bond acceptors (Lipinski definition) is 5. The molecule has 3 aromatic rings. The maximum atomic E-state index is 12.6. The first-order valence-corrected chi connectivity index (χ1v) is 9.17. The van der Waals surface area contributed by atoms with Gasteiger partial charge in [-0.1, -0.05) is 62.4 Å². The van der Waals surface area contributed by atoms with Crippen LogP contribution in [-0.4, -0.2) is 33.1 Å². The van der Waals surface area contributed by atoms with E-state index in [1.807, 2.05) is 54.6 Å². The second kappa shape index (κ2) is 8.91. The molecule has 1 amide bonds. The Balaban J connectivity index is 1.87. The second-order valence-electron chi connectivity index (χ2n) is 7.00. The molecule has 3 rings (SSSR count). The van der Waals surface area contributed by atoms with Gasteiger partial charge in [-0.05, 0) is 34.2 Å². The molecule has 0 aliphatic carbocycles. The van der Waals surface area contributed by atoms with E-state index in [2.05, 4.69) is 39.8 Å². The largest absolute Gasteiger partial charge is 0.342 e. The molecule has 0 saturated heterocycles. The Morgan fingerprint density at radius 2 is 1.89 bits per heavy atom. The van der Waals surface area contributed by atoms with Crippen molar-refractivity contribution in [3.05, 3.63) is 54.1 Å². The Labute approximate surface area is 163 Å². The molecular formula is C21H22N6O. The number of carbonyl (C=O) groups excluding carboxylic acids is 1. The molecule has 2 N–H and O–H groups in total. The number of carbonyl (C=O) groups is 1. The van der Waals surface area contributed by atoms with Gasteiger partial charge in [0.2, 0.25) is 11.7 Å². The lowest BCUT2D eigenvalue weighted by atomic mass is 9.88. The molecule has 0 aliphatic heterocycles. The molecule has 0 aliphatic rings. The Kier molecular flexibility index (Phi) is 6.12. The molecule has 1 heterocycles. The minimum atomic E-state index is -0.285. The van der Waals surface area contributed by atoms with E-state index >= 15 is 0 Å². The molecule has 7 heteroatoms. The highest BCUT2D eigenvalue weighted by Gasteiger charge is 2.22. The zero-order chi connectivity index (χ0) is 19.9. The number of aromatic nitrogens is 4. The lowest BCUT2D eigenvalue weighted by Crippen LogP contribution is -2.30. The van der Waals surface area contributed by atoms with Gasteiger partial charge in [0.25, 0.3) is 0 Å². The standard InChI is InChI=1S/C21H22N6O/c1-14(2)12-19(21(28)23-11-10-22)18-5-3-4-17(13-18)15-6-8-16(9-7-15)20-24-26-27-25-20/h3-9,13-14,19H,11-12H2,1-2H3,(H,23,28)(H,24,25,26,27)/t19-/m1/s1. The number of rotatable bonds is 7. The number of amides is 1. The first kappa shape index (κ1) is 19.2. The molecule has 1 atom stereocenters. The summed E-state index contributed by atoms with van der Waals surface area (Å²) >= 11 is 0. The molecule has 0 unspecified atom stereocenters. The first-order valence-electron chi connectivity index (χ1n) is 9.17. The summed E-state index contributed by atoms with van der Waals surface area (Å²) in [4.78, 5) is 12.6. The van der Waals surface area contributed by atoms with Gasteiger partial charge in [-0.25, -0.2) is 0 Å². The van der Waals surface area contributed by atoms with Crippen LogP contribution < -0.4 is 5.32 Å². The van der Waals surface area contributed by atoms with Gasteiger partial charge in [0, 0.05) is 5.56 Å². The zero-order valence-corrected chi connectivity index (χ0v) is 15.9. The fourth-order valence-electron chi connectivity index (χ4n) is 3.15. The van der Waals surface area contributed by atoms with Crippen molar-refractivity contribution >= 4 is 5.91 Å². The first-order chi connectivity index (χ1) is 13.6. The van der Waals surface area contributed by atoms with Gasteiger partial charge in [0.15, 0.2) is 0 Å². The number of H-pyrrole nitrogens is 1. The summed E-state index contributed by atoms with van der Waals surface area (Å²) in [5.74, 6) is 0.508. The summed E-state index contributed by atoms with van der Waals surface area (Å²) in [6, 6.07) is 17.8. The minimum Gasteiger partial charge on any atom is -0.342 e. The Bertz CT molecular complexity index is 957. The molecule has 0 fully saturated rings. The van der Waals surface area contributed by atoms with Crippen LogP contribution in [0.5, 0.6) is 0 Å². The molecular weight excluding hydrogens is 352 g/mol. The average molecular weight is 374 g/mol. The van der Waals surface area contributed by atoms with Crippen molar-refractivity contribution in [1.29, 1.82) is 5.26 Å². The quantitative estimate of drug-likeness (QED) is 0.617. The molecule has 1 aromatic heterocycles. The number of hydrogen-bond donors (Lipinski definition) is 2. The van der Waals surface area contributed by atoms with Crippen molar-refractivity contribution in [1.82, 2.24) is 25.9 Å². The van der Waals surface area contributed by atoms with Crippen LogP contribution in [0.2, 0.25) is 0 Å². The van der Waals surface area contributed by atoms with E-state index in [-0.39, 0.29) is 18.4 Å². The predicted molar refractivity (Wildman–Crippen MR) is 106 cm³/mol. The zero-order valence-electron chi connectivity index (χ0n) is 15.9. The fraction of sp³-hybridized carbons (Fsp3) is 0.286. The number of tetrazole rings is 1. The highest BCUT2D eigenvalue weighted by Crippen LogP contribution is 2.29. The fourth-order valence-corrected chi connectivity index (χ4v) is 3.15. The monoisotopic (exact) mass is 374 g/mol. The van der Waals surface area contributed by atoms with Crippen molar-refractivity contribution in [2.45, 2.75) is 26.2 Å². The Hall–Kier alpha value is -3.53. The summed E-state index contributed by atoms with van der Waals surface area (Å²) < 4.78 is 0. The smallest absolute Gasteiger partial charge is 0.228 e. The van der Waals surface area contributed by atoms with Crippen LogP contribution in [0.3, 0.4) is 0 Å². The predicted octanol–water partition coefficient (Wildman–Crippen LogP) is 3.30. The van der Waals surface area contributed by atoms with Crippen LogP contribution in [0, 0.1) is 17.2 Å². The molecule has 0 saturated carbocycles. The van der Waals surface area contributed by atoms with Crippen molar-refractivity contribution in [3.8, 4) is 28.6 Å². The van der Waals surface area contributed by atoms with E-state index in [9.17, 15) is 4.79 Å². The van der Waals surface area contributed by atoms with Crippen LogP contribution >= 0.6 is 0 Å². The summed E-state index contributed by atoms with van der Waals surface area (Å²) in [5, 5.41) is 25.4. The normalized spacial score (nSPS) is 11.8. The Morgan fingerprint density at radius 3 is 2.54 bits per heavy atom. The third-order valence-corrected chi connectivity index (χ3v) is 4.48. The minimum absolute atomic E-state index is 0.0185. The topological polar surface area (TPSA) is 107 Å². The second-order valence-corrected chi connectivity index (χ2v) is 7.00. The third kappa shape index (κ3) is 4.60. The number of nitrogens with zero attached hydrogens (tertiary/aromatic N) is 4. The Morgan fingerprint density at radius 1 is 1.14 bits per heavy atom. The van der Waals surface area contributed by atoms with Gasteiger partial charge >= 0.3 is 0 Å². The van der Waals surface area contributed by atoms with Gasteiger partial charge in [0.05, 0.1) is 12.0 Å². The maximum absolute atomic E-state index is 12.6. The van der Waals surface area contributed by atoms with Crippen LogP contribution in [0.15, 0.2) is 48.5 Å². The van der Waals surface area contributed by atoms with Gasteiger partial charge < -0.3 is 5.32 Å². The van der Waals surface area contributed by atoms with E-state index in [0.29, 0.717) is 11.7 Å². The molecule has 7 nitrogen and oxygen atoms in total. The van der Waals surface area contributed by atoms with Gasteiger partial charge in [-0.2, -0.15) is 10.5 Å². The van der Waals surface area contributed by atoms with Crippen molar-refractivity contribution in [3.63, 3.8) is 0 Å². The van der Waals surface area contributed by atoms with E-state index in [4.69, 9.17) is 5.26 Å². The van der Waals surface area contributed by atoms with E-state index in [1.165, 1.54) is 0 Å². The maximum Gasteiger partial charge on any atom is 0.228 e. The van der Waals surface area contributed by atoms with Crippen molar-refractivity contribution in [2.24, 2.45) is 5.92 Å². The van der Waals surface area contributed by atoms with E-state index in [0.717, 1.165) is 28.7 Å². The highest BCUT2D eigenvalue weighted by molar-refractivity contribution is 5.84. The number of aromatic amines is 1. The average Bonchev–Trinajstić information content (AvgIpc) is 3.25. The highest BCUT2D eigenvalue weighted by atomic mass is 16.1.